The summed E-state index contributed by atoms with van der Waals surface area (Å²) in [6.45, 7) is 5.26. The van der Waals surface area contributed by atoms with Gasteiger partial charge >= 0.3 is 11.9 Å². The van der Waals surface area contributed by atoms with Gasteiger partial charge in [-0.25, -0.2) is 14.6 Å². The molecule has 1 rings (SSSR count). The lowest BCUT2D eigenvalue weighted by Gasteiger charge is -2.19. The highest BCUT2D eigenvalue weighted by Crippen LogP contribution is 2.11. The van der Waals surface area contributed by atoms with Crippen LogP contribution in [0.4, 0.5) is 0 Å². The Labute approximate surface area is 93.1 Å². The van der Waals surface area contributed by atoms with Crippen molar-refractivity contribution in [3.05, 3.63) is 29.6 Å². The van der Waals surface area contributed by atoms with Crippen molar-refractivity contribution in [2.24, 2.45) is 0 Å². The minimum absolute atomic E-state index is 0.104. The molecule has 16 heavy (non-hydrogen) atoms. The minimum atomic E-state index is -1.13. The zero-order valence-corrected chi connectivity index (χ0v) is 9.35. The van der Waals surface area contributed by atoms with Gasteiger partial charge in [0.2, 0.25) is 0 Å². The van der Waals surface area contributed by atoms with Crippen molar-refractivity contribution in [2.45, 2.75) is 26.4 Å². The molecule has 5 nitrogen and oxygen atoms in total. The Hall–Kier alpha value is -1.91. The first-order valence-electron chi connectivity index (χ1n) is 4.72. The van der Waals surface area contributed by atoms with Gasteiger partial charge < -0.3 is 9.84 Å². The van der Waals surface area contributed by atoms with Gasteiger partial charge in [0.1, 0.15) is 11.3 Å². The molecule has 1 aromatic heterocycles. The summed E-state index contributed by atoms with van der Waals surface area (Å²) in [6.07, 6.45) is 1.19. The van der Waals surface area contributed by atoms with Gasteiger partial charge in [-0.1, -0.05) is 0 Å². The average Bonchev–Trinajstić information content (AvgIpc) is 2.15. The molecule has 0 bridgehead atoms. The van der Waals surface area contributed by atoms with Crippen molar-refractivity contribution in [3.8, 4) is 0 Å². The molecule has 0 aliphatic rings. The van der Waals surface area contributed by atoms with E-state index in [-0.39, 0.29) is 11.3 Å². The highest BCUT2D eigenvalue weighted by Gasteiger charge is 2.18. The molecule has 0 aliphatic heterocycles. The standard InChI is InChI=1S/C11H13NO4/c1-11(2,3)16-10(15)7-4-5-8(9(13)14)12-6-7/h4-6H,1-3H3,(H,13,14). The molecule has 0 aromatic carbocycles. The Bertz CT molecular complexity index is 403. The van der Waals surface area contributed by atoms with Crippen molar-refractivity contribution in [1.29, 1.82) is 0 Å². The quantitative estimate of drug-likeness (QED) is 0.772. The third-order valence-electron chi connectivity index (χ3n) is 1.62. The number of pyridine rings is 1. The minimum Gasteiger partial charge on any atom is -0.477 e. The summed E-state index contributed by atoms with van der Waals surface area (Å²) in [7, 11) is 0. The van der Waals surface area contributed by atoms with Crippen molar-refractivity contribution in [1.82, 2.24) is 4.98 Å². The number of hydrogen-bond donors (Lipinski definition) is 1. The van der Waals surface area contributed by atoms with Crippen LogP contribution in [0.3, 0.4) is 0 Å². The number of rotatable bonds is 2. The molecule has 1 heterocycles. The Morgan fingerprint density at radius 1 is 1.31 bits per heavy atom. The highest BCUT2D eigenvalue weighted by atomic mass is 16.6. The van der Waals surface area contributed by atoms with Crippen molar-refractivity contribution in [2.75, 3.05) is 0 Å². The summed E-state index contributed by atoms with van der Waals surface area (Å²) in [5.41, 5.74) is -0.449. The van der Waals surface area contributed by atoms with E-state index in [4.69, 9.17) is 9.84 Å². The largest absolute Gasteiger partial charge is 0.477 e. The fraction of sp³-hybridized carbons (Fsp3) is 0.364. The lowest BCUT2D eigenvalue weighted by atomic mass is 10.2. The Morgan fingerprint density at radius 3 is 2.31 bits per heavy atom. The van der Waals surface area contributed by atoms with Crippen LogP contribution >= 0.6 is 0 Å². The fourth-order valence-electron chi connectivity index (χ4n) is 0.978. The number of carbonyl (C=O) groups excluding carboxylic acids is 1. The van der Waals surface area contributed by atoms with Crippen LogP contribution in [0, 0.1) is 0 Å². The molecule has 1 N–H and O–H groups in total. The van der Waals surface area contributed by atoms with Gasteiger partial charge in [-0.3, -0.25) is 0 Å². The Morgan fingerprint density at radius 2 is 1.94 bits per heavy atom. The zero-order valence-electron chi connectivity index (χ0n) is 9.35. The molecular weight excluding hydrogens is 210 g/mol. The van der Waals surface area contributed by atoms with Crippen LogP contribution in [-0.4, -0.2) is 27.6 Å². The number of carbonyl (C=O) groups is 2. The van der Waals surface area contributed by atoms with E-state index in [1.807, 2.05) is 0 Å². The number of ether oxygens (including phenoxy) is 1. The van der Waals surface area contributed by atoms with Gasteiger partial charge in [-0.2, -0.15) is 0 Å². The Balaban J connectivity index is 2.82. The van der Waals surface area contributed by atoms with Crippen LogP contribution in [0.5, 0.6) is 0 Å². The van der Waals surface area contributed by atoms with Gasteiger partial charge in [-0.05, 0) is 32.9 Å². The van der Waals surface area contributed by atoms with Crippen LogP contribution in [-0.2, 0) is 4.74 Å². The van der Waals surface area contributed by atoms with Crippen LogP contribution in [0.25, 0.3) is 0 Å². The Kier molecular flexibility index (Phi) is 3.27. The first-order chi connectivity index (χ1) is 7.29. The number of aromatic nitrogens is 1. The monoisotopic (exact) mass is 223 g/mol. The molecule has 0 unspecified atom stereocenters. The number of aromatic carboxylic acids is 1. The average molecular weight is 223 g/mol. The second-order valence-electron chi connectivity index (χ2n) is 4.24. The number of hydrogen-bond acceptors (Lipinski definition) is 4. The zero-order chi connectivity index (χ0) is 12.3. The van der Waals surface area contributed by atoms with E-state index < -0.39 is 17.5 Å². The normalized spacial score (nSPS) is 10.9. The molecular formula is C11H13NO4. The summed E-state index contributed by atoms with van der Waals surface area (Å²) in [5, 5.41) is 8.62. The summed E-state index contributed by atoms with van der Waals surface area (Å²) in [6, 6.07) is 2.64. The fourth-order valence-corrected chi connectivity index (χ4v) is 0.978. The number of nitrogens with zero attached hydrogens (tertiary/aromatic N) is 1. The number of esters is 1. The summed E-state index contributed by atoms with van der Waals surface area (Å²) in [5.74, 6) is -1.65. The van der Waals surface area contributed by atoms with Gasteiger partial charge in [0.05, 0.1) is 5.56 Å². The molecule has 0 aliphatic carbocycles. The third-order valence-corrected chi connectivity index (χ3v) is 1.62. The topological polar surface area (TPSA) is 76.5 Å². The molecule has 1 aromatic rings. The van der Waals surface area contributed by atoms with Gasteiger partial charge in [-0.15, -0.1) is 0 Å². The number of carboxylic acids is 1. The van der Waals surface area contributed by atoms with Crippen molar-refractivity contribution >= 4 is 11.9 Å². The van der Waals surface area contributed by atoms with Crippen molar-refractivity contribution < 1.29 is 19.4 Å². The first-order valence-corrected chi connectivity index (χ1v) is 4.72. The SMILES string of the molecule is CC(C)(C)OC(=O)c1ccc(C(=O)O)nc1. The van der Waals surface area contributed by atoms with E-state index in [0.717, 1.165) is 0 Å². The summed E-state index contributed by atoms with van der Waals surface area (Å²) < 4.78 is 5.10. The molecule has 86 valence electrons. The summed E-state index contributed by atoms with van der Waals surface area (Å²) in [4.78, 5) is 25.7. The van der Waals surface area contributed by atoms with Gasteiger partial charge in [0.25, 0.3) is 0 Å². The predicted octanol–water partition coefficient (Wildman–Crippen LogP) is 1.74. The lowest BCUT2D eigenvalue weighted by Crippen LogP contribution is -2.24. The molecule has 0 fully saturated rings. The highest BCUT2D eigenvalue weighted by molar-refractivity contribution is 5.91. The molecule has 0 atom stereocenters. The second-order valence-corrected chi connectivity index (χ2v) is 4.24. The van der Waals surface area contributed by atoms with E-state index >= 15 is 0 Å². The molecule has 0 saturated carbocycles. The molecule has 0 spiro atoms. The van der Waals surface area contributed by atoms with Gasteiger partial charge in [0.15, 0.2) is 0 Å². The maximum Gasteiger partial charge on any atom is 0.354 e. The lowest BCUT2D eigenvalue weighted by molar-refractivity contribution is 0.00686. The molecule has 0 amide bonds. The maximum absolute atomic E-state index is 11.5. The van der Waals surface area contributed by atoms with Crippen LogP contribution < -0.4 is 0 Å². The third kappa shape index (κ3) is 3.34. The van der Waals surface area contributed by atoms with E-state index in [9.17, 15) is 9.59 Å². The summed E-state index contributed by atoms with van der Waals surface area (Å²) >= 11 is 0. The van der Waals surface area contributed by atoms with E-state index in [2.05, 4.69) is 4.98 Å². The van der Waals surface area contributed by atoms with E-state index in [0.29, 0.717) is 0 Å². The van der Waals surface area contributed by atoms with Crippen LogP contribution in [0.15, 0.2) is 18.3 Å². The second kappa shape index (κ2) is 4.30. The first kappa shape index (κ1) is 12.2. The maximum atomic E-state index is 11.5. The molecule has 0 saturated heterocycles. The predicted molar refractivity (Wildman–Crippen MR) is 56.4 cm³/mol. The van der Waals surface area contributed by atoms with Crippen LogP contribution in [0.1, 0.15) is 41.6 Å². The molecule has 5 heteroatoms. The van der Waals surface area contributed by atoms with Gasteiger partial charge in [0, 0.05) is 6.20 Å². The van der Waals surface area contributed by atoms with E-state index in [1.165, 1.54) is 18.3 Å². The molecule has 0 radical (unpaired) electrons. The van der Waals surface area contributed by atoms with Crippen molar-refractivity contribution in [3.63, 3.8) is 0 Å². The van der Waals surface area contributed by atoms with Crippen LogP contribution in [0.2, 0.25) is 0 Å². The smallest absolute Gasteiger partial charge is 0.354 e. The van der Waals surface area contributed by atoms with E-state index in [1.54, 1.807) is 20.8 Å². The number of carboxylic acid groups (broad SMARTS) is 1.